The van der Waals surface area contributed by atoms with Crippen molar-refractivity contribution in [1.82, 2.24) is 9.88 Å². The Bertz CT molecular complexity index is 976. The highest BCUT2D eigenvalue weighted by molar-refractivity contribution is 6.08. The number of carbonyl (C=O) groups excluding carboxylic acids is 2. The fraction of sp³-hybridized carbons (Fsp3) is 0.238. The van der Waals surface area contributed by atoms with E-state index in [9.17, 15) is 9.59 Å². The number of hydrogen-bond acceptors (Lipinski definition) is 2. The Balaban J connectivity index is 1.52. The number of hydrogen-bond donors (Lipinski definition) is 1. The molecule has 0 atom stereocenters. The number of nitrogens with zero attached hydrogens (tertiary/aromatic N) is 2. The van der Waals surface area contributed by atoms with E-state index in [4.69, 9.17) is 0 Å². The summed E-state index contributed by atoms with van der Waals surface area (Å²) in [6.45, 7) is 0.762. The Hall–Kier alpha value is -3.08. The minimum absolute atomic E-state index is 0.0483. The summed E-state index contributed by atoms with van der Waals surface area (Å²) < 4.78 is 0. The third-order valence-corrected chi connectivity index (χ3v) is 4.95. The van der Waals surface area contributed by atoms with E-state index in [1.54, 1.807) is 18.1 Å². The van der Waals surface area contributed by atoms with Crippen LogP contribution in [-0.2, 0) is 11.2 Å². The van der Waals surface area contributed by atoms with Gasteiger partial charge in [0, 0.05) is 36.4 Å². The zero-order chi connectivity index (χ0) is 18.1. The molecule has 1 aliphatic heterocycles. The van der Waals surface area contributed by atoms with Crippen LogP contribution in [0.3, 0.4) is 0 Å². The van der Waals surface area contributed by atoms with Gasteiger partial charge in [-0.15, -0.1) is 0 Å². The van der Waals surface area contributed by atoms with Gasteiger partial charge in [0.05, 0.1) is 5.56 Å². The SMILES string of the molecule is CN(CC(=O)N1CCCc2ccccc21)C(=O)c1c[nH]c2ccccc12. The average molecular weight is 347 g/mol. The van der Waals surface area contributed by atoms with Crippen molar-refractivity contribution in [2.75, 3.05) is 25.0 Å². The summed E-state index contributed by atoms with van der Waals surface area (Å²) in [4.78, 5) is 32.1. The molecule has 1 N–H and O–H groups in total. The molecule has 0 saturated carbocycles. The van der Waals surface area contributed by atoms with Gasteiger partial charge < -0.3 is 14.8 Å². The van der Waals surface area contributed by atoms with Gasteiger partial charge in [-0.2, -0.15) is 0 Å². The molecule has 5 heteroatoms. The maximum Gasteiger partial charge on any atom is 0.256 e. The largest absolute Gasteiger partial charge is 0.360 e. The van der Waals surface area contributed by atoms with Gasteiger partial charge in [-0.05, 0) is 30.5 Å². The van der Waals surface area contributed by atoms with E-state index >= 15 is 0 Å². The molecule has 0 bridgehead atoms. The number of fused-ring (bicyclic) bond motifs is 2. The molecule has 0 radical (unpaired) electrons. The Labute approximate surface area is 152 Å². The molecule has 0 aliphatic carbocycles. The smallest absolute Gasteiger partial charge is 0.256 e. The molecule has 132 valence electrons. The maximum absolute atomic E-state index is 12.8. The molecule has 3 aromatic rings. The molecule has 26 heavy (non-hydrogen) atoms. The van der Waals surface area contributed by atoms with E-state index in [0.717, 1.165) is 29.4 Å². The number of amides is 2. The van der Waals surface area contributed by atoms with Crippen molar-refractivity contribution in [3.8, 4) is 0 Å². The molecule has 4 rings (SSSR count). The number of anilines is 1. The number of likely N-dealkylation sites (N-methyl/N-ethyl adjacent to an activating group) is 1. The Kier molecular flexibility index (Phi) is 4.21. The number of aryl methyl sites for hydroxylation is 1. The number of rotatable bonds is 3. The molecule has 0 fully saturated rings. The van der Waals surface area contributed by atoms with E-state index in [1.807, 2.05) is 42.5 Å². The Morgan fingerprint density at radius 2 is 1.88 bits per heavy atom. The summed E-state index contributed by atoms with van der Waals surface area (Å²) in [6, 6.07) is 15.7. The zero-order valence-electron chi connectivity index (χ0n) is 14.7. The van der Waals surface area contributed by atoms with E-state index in [0.29, 0.717) is 12.1 Å². The fourth-order valence-corrected chi connectivity index (χ4v) is 3.61. The van der Waals surface area contributed by atoms with Crippen LogP contribution in [0.15, 0.2) is 54.7 Å². The molecule has 0 saturated heterocycles. The summed E-state index contributed by atoms with van der Waals surface area (Å²) in [5.74, 6) is -0.200. The highest BCUT2D eigenvalue weighted by atomic mass is 16.2. The van der Waals surface area contributed by atoms with Crippen LogP contribution in [0.1, 0.15) is 22.3 Å². The van der Waals surface area contributed by atoms with Gasteiger partial charge in [0.15, 0.2) is 0 Å². The Morgan fingerprint density at radius 3 is 2.77 bits per heavy atom. The summed E-state index contributed by atoms with van der Waals surface area (Å²) in [5, 5.41) is 0.875. The van der Waals surface area contributed by atoms with Crippen molar-refractivity contribution < 1.29 is 9.59 Å². The second-order valence-electron chi connectivity index (χ2n) is 6.69. The lowest BCUT2D eigenvalue weighted by Crippen LogP contribution is -2.43. The standard InChI is InChI=1S/C21H21N3O2/c1-23(21(26)17-13-22-18-10-4-3-9-16(17)18)14-20(25)24-12-6-8-15-7-2-5-11-19(15)24/h2-5,7,9-11,13,22H,6,8,12,14H2,1H3. The summed E-state index contributed by atoms with van der Waals surface area (Å²) >= 11 is 0. The van der Waals surface area contributed by atoms with Crippen molar-refractivity contribution in [3.63, 3.8) is 0 Å². The van der Waals surface area contributed by atoms with Gasteiger partial charge >= 0.3 is 0 Å². The number of H-pyrrole nitrogens is 1. The predicted octanol–water partition coefficient (Wildman–Crippen LogP) is 3.22. The topological polar surface area (TPSA) is 56.4 Å². The highest BCUT2D eigenvalue weighted by Gasteiger charge is 2.25. The lowest BCUT2D eigenvalue weighted by molar-refractivity contribution is -0.119. The second-order valence-corrected chi connectivity index (χ2v) is 6.69. The first-order valence-electron chi connectivity index (χ1n) is 8.85. The van der Waals surface area contributed by atoms with Gasteiger partial charge in [0.2, 0.25) is 5.91 Å². The number of benzene rings is 2. The molecule has 1 aromatic heterocycles. The third kappa shape index (κ3) is 2.86. The minimum atomic E-state index is -0.152. The fourth-order valence-electron chi connectivity index (χ4n) is 3.61. The number of para-hydroxylation sites is 2. The van der Waals surface area contributed by atoms with E-state index in [1.165, 1.54) is 10.5 Å². The van der Waals surface area contributed by atoms with E-state index in [2.05, 4.69) is 11.1 Å². The second kappa shape index (κ2) is 6.67. The summed E-state index contributed by atoms with van der Waals surface area (Å²) in [7, 11) is 1.68. The molecule has 0 spiro atoms. The van der Waals surface area contributed by atoms with Crippen LogP contribution in [0.2, 0.25) is 0 Å². The first kappa shape index (κ1) is 16.4. The van der Waals surface area contributed by atoms with Crippen LogP contribution >= 0.6 is 0 Å². The lowest BCUT2D eigenvalue weighted by Gasteiger charge is -2.31. The van der Waals surface area contributed by atoms with Gasteiger partial charge in [0.25, 0.3) is 5.91 Å². The highest BCUT2D eigenvalue weighted by Crippen LogP contribution is 2.27. The molecule has 5 nitrogen and oxygen atoms in total. The van der Waals surface area contributed by atoms with Crippen molar-refractivity contribution in [3.05, 3.63) is 65.9 Å². The van der Waals surface area contributed by atoms with E-state index < -0.39 is 0 Å². The summed E-state index contributed by atoms with van der Waals surface area (Å²) in [6.07, 6.45) is 3.65. The van der Waals surface area contributed by atoms with E-state index in [-0.39, 0.29) is 18.4 Å². The first-order chi connectivity index (χ1) is 12.6. The monoisotopic (exact) mass is 347 g/mol. The number of carbonyl (C=O) groups is 2. The molecule has 2 heterocycles. The Morgan fingerprint density at radius 1 is 1.12 bits per heavy atom. The van der Waals surface area contributed by atoms with Gasteiger partial charge in [0.1, 0.15) is 6.54 Å². The van der Waals surface area contributed by atoms with Gasteiger partial charge in [-0.25, -0.2) is 0 Å². The number of nitrogens with one attached hydrogen (secondary N) is 1. The number of aromatic nitrogens is 1. The average Bonchev–Trinajstić information content (AvgIpc) is 3.11. The van der Waals surface area contributed by atoms with Crippen molar-refractivity contribution in [2.24, 2.45) is 0 Å². The normalized spacial score (nSPS) is 13.5. The first-order valence-corrected chi connectivity index (χ1v) is 8.85. The molecule has 2 amide bonds. The van der Waals surface area contributed by atoms with Gasteiger partial charge in [-0.3, -0.25) is 9.59 Å². The molecular weight excluding hydrogens is 326 g/mol. The quantitative estimate of drug-likeness (QED) is 0.791. The van der Waals surface area contributed by atoms with Crippen LogP contribution in [0, 0.1) is 0 Å². The molecular formula is C21H21N3O2. The minimum Gasteiger partial charge on any atom is -0.360 e. The zero-order valence-corrected chi connectivity index (χ0v) is 14.7. The van der Waals surface area contributed by atoms with Crippen LogP contribution in [-0.4, -0.2) is 41.8 Å². The molecule has 1 aliphatic rings. The third-order valence-electron chi connectivity index (χ3n) is 4.95. The maximum atomic E-state index is 12.8. The van der Waals surface area contributed by atoms with Crippen molar-refractivity contribution in [2.45, 2.75) is 12.8 Å². The van der Waals surface area contributed by atoms with Crippen molar-refractivity contribution in [1.29, 1.82) is 0 Å². The lowest BCUT2D eigenvalue weighted by atomic mass is 10.0. The molecule has 2 aromatic carbocycles. The van der Waals surface area contributed by atoms with Gasteiger partial charge in [-0.1, -0.05) is 36.4 Å². The predicted molar refractivity (Wildman–Crippen MR) is 102 cm³/mol. The van der Waals surface area contributed by atoms with Crippen molar-refractivity contribution >= 4 is 28.4 Å². The van der Waals surface area contributed by atoms with Crippen LogP contribution in [0.4, 0.5) is 5.69 Å². The van der Waals surface area contributed by atoms with Crippen LogP contribution in [0.25, 0.3) is 10.9 Å². The van der Waals surface area contributed by atoms with Crippen LogP contribution in [0.5, 0.6) is 0 Å². The van der Waals surface area contributed by atoms with Crippen LogP contribution < -0.4 is 4.90 Å². The number of aromatic amines is 1. The summed E-state index contributed by atoms with van der Waals surface area (Å²) in [5.41, 5.74) is 3.67. The molecule has 0 unspecified atom stereocenters.